The van der Waals surface area contributed by atoms with Crippen LogP contribution in [-0.4, -0.2) is 59.0 Å². The highest BCUT2D eigenvalue weighted by Crippen LogP contribution is 2.15. The van der Waals surface area contributed by atoms with E-state index in [0.717, 1.165) is 49.9 Å². The summed E-state index contributed by atoms with van der Waals surface area (Å²) in [5, 5.41) is 11.7. The molecule has 0 unspecified atom stereocenters. The van der Waals surface area contributed by atoms with E-state index in [2.05, 4.69) is 27.4 Å². The van der Waals surface area contributed by atoms with Crippen molar-refractivity contribution in [2.45, 2.75) is 37.5 Å². The Kier molecular flexibility index (Phi) is 11.3. The van der Waals surface area contributed by atoms with E-state index in [1.165, 1.54) is 25.9 Å². The van der Waals surface area contributed by atoms with Gasteiger partial charge in [-0.25, -0.2) is 13.6 Å². The highest BCUT2D eigenvalue weighted by atomic mass is 127. The molecule has 1 aromatic rings. The molecular formula is C19H34IN5O2S. The van der Waals surface area contributed by atoms with Gasteiger partial charge in [-0.05, 0) is 68.9 Å². The van der Waals surface area contributed by atoms with E-state index in [9.17, 15) is 8.42 Å². The second-order valence-electron chi connectivity index (χ2n) is 7.24. The first kappa shape index (κ1) is 25.1. The minimum Gasteiger partial charge on any atom is -0.356 e. The van der Waals surface area contributed by atoms with E-state index in [4.69, 9.17) is 5.14 Å². The van der Waals surface area contributed by atoms with Crippen molar-refractivity contribution in [3.63, 3.8) is 0 Å². The van der Waals surface area contributed by atoms with Crippen LogP contribution in [0.5, 0.6) is 0 Å². The fraction of sp³-hybridized carbons (Fsp3) is 0.632. The lowest BCUT2D eigenvalue weighted by molar-refractivity contribution is 0.191. The first-order valence-corrected chi connectivity index (χ1v) is 11.2. The summed E-state index contributed by atoms with van der Waals surface area (Å²) < 4.78 is 22.5. The Labute approximate surface area is 186 Å². The number of guanidine groups is 1. The van der Waals surface area contributed by atoms with Crippen LogP contribution in [0.15, 0.2) is 34.2 Å². The van der Waals surface area contributed by atoms with E-state index in [1.54, 1.807) is 31.3 Å². The van der Waals surface area contributed by atoms with Gasteiger partial charge in [-0.3, -0.25) is 4.99 Å². The Hall–Kier alpha value is -0.910. The summed E-state index contributed by atoms with van der Waals surface area (Å²) in [6.45, 7) is 7.53. The Balaban J connectivity index is 0.00000392. The average molecular weight is 523 g/mol. The van der Waals surface area contributed by atoms with Gasteiger partial charge in [-0.1, -0.05) is 19.1 Å². The lowest BCUT2D eigenvalue weighted by Gasteiger charge is -2.30. The van der Waals surface area contributed by atoms with Crippen molar-refractivity contribution in [1.82, 2.24) is 15.5 Å². The molecule has 0 radical (unpaired) electrons. The highest BCUT2D eigenvalue weighted by Gasteiger charge is 2.14. The van der Waals surface area contributed by atoms with Crippen LogP contribution >= 0.6 is 24.0 Å². The molecule has 0 spiro atoms. The number of sulfonamides is 1. The maximum absolute atomic E-state index is 11.3. The van der Waals surface area contributed by atoms with Crippen LogP contribution < -0.4 is 15.8 Å². The van der Waals surface area contributed by atoms with E-state index in [0.29, 0.717) is 0 Å². The number of hydrogen-bond acceptors (Lipinski definition) is 4. The number of nitrogens with zero attached hydrogens (tertiary/aromatic N) is 2. The van der Waals surface area contributed by atoms with Crippen LogP contribution in [0.2, 0.25) is 0 Å². The minimum absolute atomic E-state index is 0. The molecule has 0 aromatic heterocycles. The summed E-state index contributed by atoms with van der Waals surface area (Å²) in [5.74, 6) is 1.67. The summed E-state index contributed by atoms with van der Waals surface area (Å²) in [6.07, 6.45) is 4.51. The lowest BCUT2D eigenvalue weighted by atomic mass is 9.99. The van der Waals surface area contributed by atoms with E-state index in [-0.39, 0.29) is 28.9 Å². The van der Waals surface area contributed by atoms with Crippen molar-refractivity contribution >= 4 is 40.0 Å². The smallest absolute Gasteiger partial charge is 0.238 e. The minimum atomic E-state index is -3.63. The first-order chi connectivity index (χ1) is 12.9. The Bertz CT molecular complexity index is 702. The molecule has 1 saturated heterocycles. The van der Waals surface area contributed by atoms with Crippen LogP contribution in [-0.2, 0) is 16.4 Å². The van der Waals surface area contributed by atoms with Gasteiger partial charge in [0.2, 0.25) is 10.0 Å². The number of halogens is 1. The van der Waals surface area contributed by atoms with Crippen molar-refractivity contribution in [3.8, 4) is 0 Å². The molecule has 9 heteroatoms. The number of aliphatic imine (C=N–C) groups is 1. The third kappa shape index (κ3) is 9.06. The van der Waals surface area contributed by atoms with Gasteiger partial charge in [0.25, 0.3) is 0 Å². The molecule has 0 saturated carbocycles. The fourth-order valence-electron chi connectivity index (χ4n) is 3.19. The zero-order chi connectivity index (χ0) is 19.7. The Morgan fingerprint density at radius 1 is 1.18 bits per heavy atom. The van der Waals surface area contributed by atoms with Gasteiger partial charge >= 0.3 is 0 Å². The maximum atomic E-state index is 11.3. The summed E-state index contributed by atoms with van der Waals surface area (Å²) in [7, 11) is -1.86. The predicted octanol–water partition coefficient (Wildman–Crippen LogP) is 1.78. The number of benzene rings is 1. The van der Waals surface area contributed by atoms with Gasteiger partial charge in [-0.15, -0.1) is 24.0 Å². The third-order valence-corrected chi connectivity index (χ3v) is 5.93. The van der Waals surface area contributed by atoms with Crippen LogP contribution in [0.25, 0.3) is 0 Å². The van der Waals surface area contributed by atoms with Crippen molar-refractivity contribution in [3.05, 3.63) is 29.8 Å². The molecule has 2 rings (SSSR count). The molecule has 0 aliphatic carbocycles. The van der Waals surface area contributed by atoms with Crippen molar-refractivity contribution in [2.24, 2.45) is 16.0 Å². The zero-order valence-corrected chi connectivity index (χ0v) is 20.0. The third-order valence-electron chi connectivity index (χ3n) is 5.00. The topological polar surface area (TPSA) is 99.8 Å². The molecular weight excluding hydrogens is 489 g/mol. The molecule has 1 heterocycles. The Morgan fingerprint density at radius 2 is 1.79 bits per heavy atom. The van der Waals surface area contributed by atoms with Gasteiger partial charge in [0.15, 0.2) is 5.96 Å². The van der Waals surface area contributed by atoms with Gasteiger partial charge in [0, 0.05) is 20.1 Å². The molecule has 0 amide bonds. The largest absolute Gasteiger partial charge is 0.356 e. The zero-order valence-electron chi connectivity index (χ0n) is 16.9. The summed E-state index contributed by atoms with van der Waals surface area (Å²) in [4.78, 5) is 6.93. The number of nitrogens with two attached hydrogens (primary N) is 1. The van der Waals surface area contributed by atoms with Crippen LogP contribution in [0, 0.1) is 5.92 Å². The number of likely N-dealkylation sites (tertiary alicyclic amines) is 1. The summed E-state index contributed by atoms with van der Waals surface area (Å²) in [5.41, 5.74) is 1.05. The molecule has 28 heavy (non-hydrogen) atoms. The summed E-state index contributed by atoms with van der Waals surface area (Å²) >= 11 is 0. The normalized spacial score (nSPS) is 16.5. The van der Waals surface area contributed by atoms with E-state index in [1.807, 2.05) is 0 Å². The number of primary sulfonamides is 1. The highest BCUT2D eigenvalue weighted by molar-refractivity contribution is 14.0. The number of piperidine rings is 1. The van der Waals surface area contributed by atoms with Gasteiger partial charge in [0.05, 0.1) is 4.90 Å². The standard InChI is InChI=1S/C19H33N5O2S.HI/c1-16-9-14-24(15-10-16)13-3-11-22-19(21-2)23-12-8-17-4-6-18(7-5-17)27(20,25)26;/h4-7,16H,3,8-15H2,1-2H3,(H2,20,25,26)(H2,21,22,23);1H. The van der Waals surface area contributed by atoms with Gasteiger partial charge in [0.1, 0.15) is 0 Å². The SMILES string of the molecule is CN=C(NCCCN1CCC(C)CC1)NCCc1ccc(S(N)(=O)=O)cc1.I. The van der Waals surface area contributed by atoms with E-state index < -0.39 is 10.0 Å². The van der Waals surface area contributed by atoms with Crippen molar-refractivity contribution < 1.29 is 8.42 Å². The molecule has 0 bridgehead atoms. The first-order valence-electron chi connectivity index (χ1n) is 9.67. The van der Waals surface area contributed by atoms with Crippen LogP contribution in [0.3, 0.4) is 0 Å². The Morgan fingerprint density at radius 3 is 2.36 bits per heavy atom. The van der Waals surface area contributed by atoms with Crippen molar-refractivity contribution in [1.29, 1.82) is 0 Å². The molecule has 7 nitrogen and oxygen atoms in total. The van der Waals surface area contributed by atoms with Crippen molar-refractivity contribution in [2.75, 3.05) is 39.8 Å². The second kappa shape index (κ2) is 12.6. The molecule has 1 aromatic carbocycles. The van der Waals surface area contributed by atoms with Gasteiger partial charge in [-0.2, -0.15) is 0 Å². The van der Waals surface area contributed by atoms with Gasteiger partial charge < -0.3 is 15.5 Å². The monoisotopic (exact) mass is 523 g/mol. The number of rotatable bonds is 8. The predicted molar refractivity (Wildman–Crippen MR) is 126 cm³/mol. The molecule has 1 aliphatic rings. The van der Waals surface area contributed by atoms with Crippen LogP contribution in [0.4, 0.5) is 0 Å². The average Bonchev–Trinajstić information content (AvgIpc) is 2.65. The second-order valence-corrected chi connectivity index (χ2v) is 8.80. The number of nitrogens with one attached hydrogen (secondary N) is 2. The molecule has 1 aliphatic heterocycles. The lowest BCUT2D eigenvalue weighted by Crippen LogP contribution is -2.40. The van der Waals surface area contributed by atoms with E-state index >= 15 is 0 Å². The summed E-state index contributed by atoms with van der Waals surface area (Å²) in [6, 6.07) is 6.66. The molecule has 4 N–H and O–H groups in total. The maximum Gasteiger partial charge on any atom is 0.238 e. The fourth-order valence-corrected chi connectivity index (χ4v) is 3.70. The molecule has 0 atom stereocenters. The molecule has 1 fully saturated rings. The number of hydrogen-bond donors (Lipinski definition) is 3. The quantitative estimate of drug-likeness (QED) is 0.209. The molecule has 160 valence electrons. The van der Waals surface area contributed by atoms with Crippen LogP contribution in [0.1, 0.15) is 31.7 Å².